The van der Waals surface area contributed by atoms with E-state index in [4.69, 9.17) is 4.74 Å². The summed E-state index contributed by atoms with van der Waals surface area (Å²) in [6, 6.07) is 12.7. The fraction of sp³-hybridized carbons (Fsp3) is 0.364. The fourth-order valence-corrected chi connectivity index (χ4v) is 2.82. The third kappa shape index (κ3) is 5.57. The van der Waals surface area contributed by atoms with Gasteiger partial charge in [0.15, 0.2) is 0 Å². The predicted octanol–water partition coefficient (Wildman–Crippen LogP) is 3.89. The van der Waals surface area contributed by atoms with E-state index in [0.717, 1.165) is 0 Å². The molecule has 1 fully saturated rings. The summed E-state index contributed by atoms with van der Waals surface area (Å²) in [5.74, 6) is 6.69. The lowest BCUT2D eigenvalue weighted by Gasteiger charge is -2.34. The maximum absolute atomic E-state index is 12.7. The third-order valence-corrected chi connectivity index (χ3v) is 4.16. The Morgan fingerprint density at radius 2 is 1.81 bits per heavy atom. The predicted molar refractivity (Wildman–Crippen MR) is 106 cm³/mol. The largest absolute Gasteiger partial charge is 0.457 e. The van der Waals surface area contributed by atoms with Gasteiger partial charge in [-0.1, -0.05) is 38.0 Å². The molecule has 1 saturated heterocycles. The second kappa shape index (κ2) is 9.75. The number of aromatic nitrogens is 1. The number of ether oxygens (including phenoxy) is 1. The maximum atomic E-state index is 12.7. The number of aliphatic hydroxyl groups is 1. The standard InChI is InChI=1S/C20H20N2O3.C2H6/c1-2-9-20(24)10-13-22(14-11-20)19(23)18-15-17(8-12-21-18)25-16-6-4-3-5-7-16;1-2/h3-8,12,15,24H,10-11,13-14H2,1H3;1-2H3. The molecule has 0 aliphatic carbocycles. The molecule has 2 aromatic rings. The molecule has 0 atom stereocenters. The van der Waals surface area contributed by atoms with Gasteiger partial charge >= 0.3 is 0 Å². The molecule has 1 N–H and O–H groups in total. The van der Waals surface area contributed by atoms with Gasteiger partial charge in [-0.05, 0) is 25.1 Å². The van der Waals surface area contributed by atoms with Crippen LogP contribution in [-0.4, -0.2) is 39.6 Å². The van der Waals surface area contributed by atoms with E-state index in [-0.39, 0.29) is 5.91 Å². The zero-order valence-electron chi connectivity index (χ0n) is 16.1. The number of carbonyl (C=O) groups excluding carboxylic acids is 1. The van der Waals surface area contributed by atoms with Crippen molar-refractivity contribution in [2.24, 2.45) is 0 Å². The maximum Gasteiger partial charge on any atom is 0.272 e. The number of hydrogen-bond donors (Lipinski definition) is 1. The molecule has 5 nitrogen and oxygen atoms in total. The number of hydrogen-bond acceptors (Lipinski definition) is 4. The number of pyridine rings is 1. The first-order valence-electron chi connectivity index (χ1n) is 9.24. The summed E-state index contributed by atoms with van der Waals surface area (Å²) in [4.78, 5) is 18.5. The van der Waals surface area contributed by atoms with Crippen molar-refractivity contribution in [1.29, 1.82) is 0 Å². The van der Waals surface area contributed by atoms with Crippen LogP contribution in [-0.2, 0) is 0 Å². The van der Waals surface area contributed by atoms with E-state index >= 15 is 0 Å². The Morgan fingerprint density at radius 3 is 2.44 bits per heavy atom. The first-order chi connectivity index (χ1) is 13.1. The fourth-order valence-electron chi connectivity index (χ4n) is 2.82. The topological polar surface area (TPSA) is 62.7 Å². The molecule has 1 aromatic carbocycles. The van der Waals surface area contributed by atoms with Crippen molar-refractivity contribution >= 4 is 5.91 Å². The van der Waals surface area contributed by atoms with E-state index in [0.29, 0.717) is 43.1 Å². The van der Waals surface area contributed by atoms with Crippen molar-refractivity contribution in [3.8, 4) is 23.3 Å². The highest BCUT2D eigenvalue weighted by molar-refractivity contribution is 5.92. The van der Waals surface area contributed by atoms with Gasteiger partial charge in [-0.2, -0.15) is 0 Å². The van der Waals surface area contributed by atoms with Gasteiger partial charge in [0.2, 0.25) is 0 Å². The van der Waals surface area contributed by atoms with Gasteiger partial charge in [-0.3, -0.25) is 9.78 Å². The number of piperidine rings is 1. The van der Waals surface area contributed by atoms with Crippen LogP contribution in [0, 0.1) is 11.8 Å². The first kappa shape index (κ1) is 20.5. The average molecular weight is 366 g/mol. The van der Waals surface area contributed by atoms with Crippen molar-refractivity contribution in [3.05, 3.63) is 54.4 Å². The quantitative estimate of drug-likeness (QED) is 0.837. The highest BCUT2D eigenvalue weighted by atomic mass is 16.5. The van der Waals surface area contributed by atoms with E-state index in [1.807, 2.05) is 44.2 Å². The van der Waals surface area contributed by atoms with Crippen LogP contribution in [0.5, 0.6) is 11.5 Å². The van der Waals surface area contributed by atoms with Gasteiger partial charge in [0, 0.05) is 38.2 Å². The molecule has 3 rings (SSSR count). The Bertz CT molecular complexity index is 801. The summed E-state index contributed by atoms with van der Waals surface area (Å²) in [7, 11) is 0. The molecule has 5 heteroatoms. The normalized spacial score (nSPS) is 14.9. The highest BCUT2D eigenvalue weighted by Crippen LogP contribution is 2.24. The molecule has 0 spiro atoms. The highest BCUT2D eigenvalue weighted by Gasteiger charge is 2.32. The molecular formula is C22H26N2O3. The lowest BCUT2D eigenvalue weighted by atomic mass is 9.92. The lowest BCUT2D eigenvalue weighted by Crippen LogP contribution is -2.46. The summed E-state index contributed by atoms with van der Waals surface area (Å²) in [6.45, 7) is 6.61. The smallest absolute Gasteiger partial charge is 0.272 e. The van der Waals surface area contributed by atoms with Crippen LogP contribution in [0.2, 0.25) is 0 Å². The van der Waals surface area contributed by atoms with Gasteiger partial charge in [-0.15, -0.1) is 5.92 Å². The molecule has 1 aromatic heterocycles. The summed E-state index contributed by atoms with van der Waals surface area (Å²) in [6.07, 6.45) is 2.45. The number of likely N-dealkylation sites (tertiary alicyclic amines) is 1. The summed E-state index contributed by atoms with van der Waals surface area (Å²) >= 11 is 0. The van der Waals surface area contributed by atoms with Gasteiger partial charge in [0.05, 0.1) is 0 Å². The summed E-state index contributed by atoms with van der Waals surface area (Å²) in [5, 5.41) is 10.3. The molecule has 0 unspecified atom stereocenters. The Labute approximate surface area is 161 Å². The van der Waals surface area contributed by atoms with Gasteiger partial charge in [0.1, 0.15) is 22.8 Å². The van der Waals surface area contributed by atoms with Crippen LogP contribution >= 0.6 is 0 Å². The molecule has 1 aliphatic heterocycles. The second-order valence-electron chi connectivity index (χ2n) is 5.99. The minimum Gasteiger partial charge on any atom is -0.457 e. The van der Waals surface area contributed by atoms with Gasteiger partial charge < -0.3 is 14.7 Å². The van der Waals surface area contributed by atoms with Crippen LogP contribution in [0.3, 0.4) is 0 Å². The summed E-state index contributed by atoms with van der Waals surface area (Å²) in [5.41, 5.74) is -0.655. The Morgan fingerprint density at radius 1 is 1.15 bits per heavy atom. The van der Waals surface area contributed by atoms with Crippen molar-refractivity contribution in [2.45, 2.75) is 39.2 Å². The van der Waals surface area contributed by atoms with Crippen LogP contribution in [0.4, 0.5) is 0 Å². The molecule has 27 heavy (non-hydrogen) atoms. The van der Waals surface area contributed by atoms with E-state index in [1.165, 1.54) is 0 Å². The SMILES string of the molecule is CC.CC#CC1(O)CCN(C(=O)c2cc(Oc3ccccc3)ccn2)CC1. The monoisotopic (exact) mass is 366 g/mol. The van der Waals surface area contributed by atoms with Crippen molar-refractivity contribution < 1.29 is 14.6 Å². The molecule has 1 amide bonds. The molecule has 0 radical (unpaired) electrons. The van der Waals surface area contributed by atoms with Crippen LogP contribution < -0.4 is 4.74 Å². The Balaban J connectivity index is 0.00000126. The van der Waals surface area contributed by atoms with Crippen molar-refractivity contribution in [2.75, 3.05) is 13.1 Å². The van der Waals surface area contributed by atoms with Crippen LogP contribution in [0.25, 0.3) is 0 Å². The zero-order chi connectivity index (χ0) is 19.7. The van der Waals surface area contributed by atoms with Gasteiger partial charge in [-0.25, -0.2) is 0 Å². The molecular weight excluding hydrogens is 340 g/mol. The number of carbonyl (C=O) groups is 1. The van der Waals surface area contributed by atoms with Gasteiger partial charge in [0.25, 0.3) is 5.91 Å². The molecule has 0 saturated carbocycles. The van der Waals surface area contributed by atoms with E-state index in [9.17, 15) is 9.90 Å². The zero-order valence-corrected chi connectivity index (χ0v) is 16.1. The van der Waals surface area contributed by atoms with E-state index in [1.54, 1.807) is 30.2 Å². The van der Waals surface area contributed by atoms with Crippen molar-refractivity contribution in [3.63, 3.8) is 0 Å². The molecule has 0 bridgehead atoms. The minimum absolute atomic E-state index is 0.162. The number of nitrogens with zero attached hydrogens (tertiary/aromatic N) is 2. The van der Waals surface area contributed by atoms with Crippen LogP contribution in [0.1, 0.15) is 44.1 Å². The van der Waals surface area contributed by atoms with E-state index < -0.39 is 5.60 Å². The van der Waals surface area contributed by atoms with E-state index in [2.05, 4.69) is 16.8 Å². The molecule has 2 heterocycles. The molecule has 1 aliphatic rings. The molecule has 142 valence electrons. The number of benzene rings is 1. The number of amides is 1. The minimum atomic E-state index is -0.989. The first-order valence-corrected chi connectivity index (χ1v) is 9.24. The lowest BCUT2D eigenvalue weighted by molar-refractivity contribution is 0.0246. The number of para-hydroxylation sites is 1. The summed E-state index contributed by atoms with van der Waals surface area (Å²) < 4.78 is 5.75. The second-order valence-corrected chi connectivity index (χ2v) is 5.99. The van der Waals surface area contributed by atoms with Crippen molar-refractivity contribution in [1.82, 2.24) is 9.88 Å². The average Bonchev–Trinajstić information content (AvgIpc) is 2.71. The number of rotatable bonds is 3. The Hall–Kier alpha value is -2.84. The Kier molecular flexibility index (Phi) is 7.39. The van der Waals surface area contributed by atoms with Crippen LogP contribution in [0.15, 0.2) is 48.7 Å². The third-order valence-electron chi connectivity index (χ3n) is 4.16.